The van der Waals surface area contributed by atoms with Crippen molar-refractivity contribution in [1.29, 1.82) is 0 Å². The number of nitrogens with zero attached hydrogens (tertiary/aromatic N) is 2. The lowest BCUT2D eigenvalue weighted by molar-refractivity contribution is -0.117. The van der Waals surface area contributed by atoms with Crippen molar-refractivity contribution >= 4 is 39.9 Å². The third-order valence-corrected chi connectivity index (χ3v) is 5.24. The van der Waals surface area contributed by atoms with Gasteiger partial charge in [-0.15, -0.1) is 0 Å². The molecule has 1 heterocycles. The molecular formula is C23H21FN4O6S. The van der Waals surface area contributed by atoms with Gasteiger partial charge in [0.05, 0.1) is 6.21 Å². The molecule has 0 aliphatic heterocycles. The molecule has 0 spiro atoms. The van der Waals surface area contributed by atoms with Crippen molar-refractivity contribution < 1.29 is 31.4 Å². The number of furan rings is 1. The molecule has 0 saturated carbocycles. The number of hydrazone groups is 1. The second kappa shape index (κ2) is 10.8. The first-order valence-corrected chi connectivity index (χ1v) is 11.4. The summed E-state index contributed by atoms with van der Waals surface area (Å²) in [6, 6.07) is 14.3. The Morgan fingerprint density at radius 3 is 2.40 bits per heavy atom. The van der Waals surface area contributed by atoms with Gasteiger partial charge in [-0.2, -0.15) is 13.5 Å². The van der Waals surface area contributed by atoms with Crippen LogP contribution in [0.2, 0.25) is 0 Å². The molecule has 0 atom stereocenters. The highest BCUT2D eigenvalue weighted by atomic mass is 32.2. The van der Waals surface area contributed by atoms with Crippen molar-refractivity contribution in [2.45, 2.75) is 5.09 Å². The number of benzene rings is 2. The van der Waals surface area contributed by atoms with Gasteiger partial charge in [-0.05, 0) is 54.1 Å². The van der Waals surface area contributed by atoms with Crippen LogP contribution >= 0.6 is 0 Å². The first-order valence-electron chi connectivity index (χ1n) is 9.99. The van der Waals surface area contributed by atoms with Crippen LogP contribution in [-0.2, 0) is 14.9 Å². The van der Waals surface area contributed by atoms with E-state index >= 15 is 0 Å². The van der Waals surface area contributed by atoms with Gasteiger partial charge in [0.15, 0.2) is 0 Å². The van der Waals surface area contributed by atoms with Gasteiger partial charge in [-0.1, -0.05) is 18.2 Å². The summed E-state index contributed by atoms with van der Waals surface area (Å²) >= 11 is 0. The Kier molecular flexibility index (Phi) is 7.79. The SMILES string of the molecule is CN(C)c1ccc(C=C(NC(=O)c2cccc(F)c2)C(=O)NN=Cc2ccc(S(=O)(=O)O)o2)cc1. The van der Waals surface area contributed by atoms with Crippen LogP contribution in [0.5, 0.6) is 0 Å². The van der Waals surface area contributed by atoms with Crippen LogP contribution in [0.25, 0.3) is 6.08 Å². The van der Waals surface area contributed by atoms with E-state index < -0.39 is 32.8 Å². The molecule has 10 nitrogen and oxygen atoms in total. The molecule has 0 saturated heterocycles. The second-order valence-corrected chi connectivity index (χ2v) is 8.69. The molecule has 12 heteroatoms. The van der Waals surface area contributed by atoms with Crippen LogP contribution in [0, 0.1) is 5.82 Å². The number of halogens is 1. The molecule has 0 radical (unpaired) electrons. The average molecular weight is 501 g/mol. The van der Waals surface area contributed by atoms with Crippen molar-refractivity contribution in [2.75, 3.05) is 19.0 Å². The maximum Gasteiger partial charge on any atom is 0.328 e. The van der Waals surface area contributed by atoms with Crippen LogP contribution in [0.15, 0.2) is 81.0 Å². The average Bonchev–Trinajstić information content (AvgIpc) is 3.28. The monoisotopic (exact) mass is 500 g/mol. The summed E-state index contributed by atoms with van der Waals surface area (Å²) in [7, 11) is -0.777. The van der Waals surface area contributed by atoms with Crippen LogP contribution in [0.4, 0.5) is 10.1 Å². The molecule has 0 aliphatic carbocycles. The van der Waals surface area contributed by atoms with Crippen molar-refractivity contribution in [2.24, 2.45) is 5.10 Å². The first kappa shape index (κ1) is 25.3. The summed E-state index contributed by atoms with van der Waals surface area (Å²) < 4.78 is 49.5. The summed E-state index contributed by atoms with van der Waals surface area (Å²) in [6.45, 7) is 0. The zero-order chi connectivity index (χ0) is 25.6. The molecule has 2 aromatic carbocycles. The van der Waals surface area contributed by atoms with Gasteiger partial charge in [-0.3, -0.25) is 14.1 Å². The molecule has 1 aromatic heterocycles. The van der Waals surface area contributed by atoms with E-state index in [1.165, 1.54) is 30.3 Å². The number of amides is 2. The van der Waals surface area contributed by atoms with Gasteiger partial charge in [0.1, 0.15) is 17.3 Å². The van der Waals surface area contributed by atoms with Crippen molar-refractivity contribution in [3.05, 3.63) is 89.1 Å². The van der Waals surface area contributed by atoms with Crippen LogP contribution in [-0.4, -0.2) is 45.1 Å². The standard InChI is InChI=1S/C23H21FN4O6S/c1-28(2)18-8-6-15(7-9-18)12-20(26-22(29)16-4-3-5-17(24)13-16)23(30)27-25-14-19-10-11-21(34-19)35(31,32)33/h3-14H,1-2H3,(H,26,29)(H,27,30)(H,31,32,33). The number of hydrogen-bond acceptors (Lipinski definition) is 7. The van der Waals surface area contributed by atoms with Gasteiger partial charge in [0.2, 0.25) is 5.09 Å². The maximum atomic E-state index is 13.5. The predicted molar refractivity (Wildman–Crippen MR) is 127 cm³/mol. The van der Waals surface area contributed by atoms with E-state index in [1.807, 2.05) is 31.1 Å². The molecule has 0 unspecified atom stereocenters. The Hall–Kier alpha value is -4.29. The number of carbonyl (C=O) groups excluding carboxylic acids is 2. The number of carbonyl (C=O) groups is 2. The Morgan fingerprint density at radius 2 is 1.80 bits per heavy atom. The summed E-state index contributed by atoms with van der Waals surface area (Å²) in [4.78, 5) is 27.2. The fraction of sp³-hybridized carbons (Fsp3) is 0.0870. The zero-order valence-electron chi connectivity index (χ0n) is 18.6. The Morgan fingerprint density at radius 1 is 1.09 bits per heavy atom. The van der Waals surface area contributed by atoms with E-state index in [4.69, 9.17) is 8.97 Å². The highest BCUT2D eigenvalue weighted by Gasteiger charge is 2.16. The largest absolute Gasteiger partial charge is 0.441 e. The van der Waals surface area contributed by atoms with Crippen molar-refractivity contribution in [3.63, 3.8) is 0 Å². The van der Waals surface area contributed by atoms with Gasteiger partial charge in [-0.25, -0.2) is 9.82 Å². The minimum Gasteiger partial charge on any atom is -0.441 e. The van der Waals surface area contributed by atoms with Gasteiger partial charge >= 0.3 is 10.1 Å². The first-order chi connectivity index (χ1) is 16.5. The topological polar surface area (TPSA) is 141 Å². The minimum atomic E-state index is -4.52. The summed E-state index contributed by atoms with van der Waals surface area (Å²) in [5.41, 5.74) is 3.52. The van der Waals surface area contributed by atoms with E-state index in [1.54, 1.807) is 12.1 Å². The fourth-order valence-corrected chi connectivity index (χ4v) is 3.22. The summed E-state index contributed by atoms with van der Waals surface area (Å²) in [5.74, 6) is -2.21. The second-order valence-electron chi connectivity index (χ2n) is 7.34. The van der Waals surface area contributed by atoms with Crippen LogP contribution in [0.1, 0.15) is 21.7 Å². The Balaban J connectivity index is 1.82. The molecule has 0 bridgehead atoms. The number of hydrogen-bond donors (Lipinski definition) is 3. The van der Waals surface area contributed by atoms with Crippen LogP contribution in [0.3, 0.4) is 0 Å². The van der Waals surface area contributed by atoms with Gasteiger partial charge < -0.3 is 14.6 Å². The van der Waals surface area contributed by atoms with Gasteiger partial charge in [0, 0.05) is 25.3 Å². The van der Waals surface area contributed by atoms with E-state index in [2.05, 4.69) is 15.8 Å². The lowest BCUT2D eigenvalue weighted by Gasteiger charge is -2.12. The molecule has 35 heavy (non-hydrogen) atoms. The minimum absolute atomic E-state index is 0.00323. The quantitative estimate of drug-likeness (QED) is 0.187. The molecule has 3 N–H and O–H groups in total. The predicted octanol–water partition coefficient (Wildman–Crippen LogP) is 2.65. The van der Waals surface area contributed by atoms with E-state index in [-0.39, 0.29) is 17.0 Å². The smallest absolute Gasteiger partial charge is 0.328 e. The number of rotatable bonds is 8. The van der Waals surface area contributed by atoms with E-state index in [0.717, 1.165) is 24.0 Å². The fourth-order valence-electron chi connectivity index (χ4n) is 2.78. The number of nitrogens with one attached hydrogen (secondary N) is 2. The lowest BCUT2D eigenvalue weighted by atomic mass is 10.1. The van der Waals surface area contributed by atoms with E-state index in [0.29, 0.717) is 5.56 Å². The summed E-state index contributed by atoms with van der Waals surface area (Å²) in [6.07, 6.45) is 2.41. The third-order valence-electron chi connectivity index (χ3n) is 4.51. The lowest BCUT2D eigenvalue weighted by Crippen LogP contribution is -2.32. The highest BCUT2D eigenvalue weighted by Crippen LogP contribution is 2.15. The maximum absolute atomic E-state index is 13.5. The molecule has 182 valence electrons. The summed E-state index contributed by atoms with van der Waals surface area (Å²) in [5, 5.41) is 5.43. The normalized spacial score (nSPS) is 11.9. The van der Waals surface area contributed by atoms with Crippen LogP contribution < -0.4 is 15.6 Å². The molecule has 2 amide bonds. The Bertz CT molecular complexity index is 1400. The van der Waals surface area contributed by atoms with E-state index in [9.17, 15) is 22.4 Å². The molecule has 3 rings (SSSR count). The molecule has 3 aromatic rings. The molecule has 0 aliphatic rings. The molecule has 0 fully saturated rings. The van der Waals surface area contributed by atoms with Crippen molar-refractivity contribution in [1.82, 2.24) is 10.7 Å². The third kappa shape index (κ3) is 7.09. The Labute approximate surface area is 200 Å². The van der Waals surface area contributed by atoms with Gasteiger partial charge in [0.25, 0.3) is 11.8 Å². The zero-order valence-corrected chi connectivity index (χ0v) is 19.4. The highest BCUT2D eigenvalue weighted by molar-refractivity contribution is 7.85. The number of anilines is 1. The van der Waals surface area contributed by atoms with Crippen molar-refractivity contribution in [3.8, 4) is 0 Å². The molecular weight excluding hydrogens is 479 g/mol.